The van der Waals surface area contributed by atoms with Gasteiger partial charge in [-0.05, 0) is 39.0 Å². The molecule has 6 heteroatoms. The van der Waals surface area contributed by atoms with Gasteiger partial charge in [-0.2, -0.15) is 0 Å². The first kappa shape index (κ1) is 22.8. The third-order valence-electron chi connectivity index (χ3n) is 5.07. The predicted octanol–water partition coefficient (Wildman–Crippen LogP) is 2.45. The molecule has 0 saturated heterocycles. The summed E-state index contributed by atoms with van der Waals surface area (Å²) in [6.45, 7) is 1.72. The molecule has 1 aliphatic carbocycles. The van der Waals surface area contributed by atoms with Gasteiger partial charge in [-0.1, -0.05) is 31.4 Å². The Morgan fingerprint density at radius 2 is 1.85 bits per heavy atom. The lowest BCUT2D eigenvalue weighted by atomic mass is 9.88. The molecular weight excluding hydrogens is 336 g/mol. The maximum atomic E-state index is 12.1. The van der Waals surface area contributed by atoms with E-state index in [9.17, 15) is 24.9 Å². The van der Waals surface area contributed by atoms with Crippen molar-refractivity contribution in [3.63, 3.8) is 0 Å². The van der Waals surface area contributed by atoms with Gasteiger partial charge in [-0.25, -0.2) is 0 Å². The Labute approximate surface area is 155 Å². The van der Waals surface area contributed by atoms with Gasteiger partial charge in [0.1, 0.15) is 5.78 Å². The lowest BCUT2D eigenvalue weighted by molar-refractivity contribution is -0.137. The van der Waals surface area contributed by atoms with E-state index in [1.807, 2.05) is 0 Å². The molecule has 150 valence electrons. The maximum absolute atomic E-state index is 12.1. The van der Waals surface area contributed by atoms with Crippen LogP contribution >= 0.6 is 0 Å². The Balaban J connectivity index is 2.39. The zero-order chi connectivity index (χ0) is 19.5. The largest absolute Gasteiger partial charge is 0.481 e. The smallest absolute Gasteiger partial charge is 0.303 e. The van der Waals surface area contributed by atoms with Gasteiger partial charge in [0.25, 0.3) is 0 Å². The molecule has 1 fully saturated rings. The Kier molecular flexibility index (Phi) is 10.7. The predicted molar refractivity (Wildman–Crippen MR) is 98.6 cm³/mol. The Morgan fingerprint density at radius 1 is 1.15 bits per heavy atom. The van der Waals surface area contributed by atoms with Crippen LogP contribution in [0, 0.1) is 11.8 Å². The summed E-state index contributed by atoms with van der Waals surface area (Å²) in [6.07, 6.45) is 7.88. The molecule has 0 aromatic heterocycles. The molecule has 6 nitrogen and oxygen atoms in total. The minimum Gasteiger partial charge on any atom is -0.481 e. The fourth-order valence-electron chi connectivity index (χ4n) is 3.56. The molecule has 1 aliphatic rings. The molecule has 0 bridgehead atoms. The number of carbonyl (C=O) groups excluding carboxylic acids is 1. The zero-order valence-electron chi connectivity index (χ0n) is 15.7. The highest BCUT2D eigenvalue weighted by atomic mass is 16.4. The molecule has 4 N–H and O–H groups in total. The molecule has 0 radical (unpaired) electrons. The molecule has 1 saturated carbocycles. The fourth-order valence-corrected chi connectivity index (χ4v) is 3.56. The van der Waals surface area contributed by atoms with Gasteiger partial charge < -0.3 is 20.4 Å². The number of ketones is 1. The van der Waals surface area contributed by atoms with E-state index in [0.29, 0.717) is 25.7 Å². The van der Waals surface area contributed by atoms with E-state index in [4.69, 9.17) is 5.11 Å². The number of rotatable bonds is 13. The number of hydrogen-bond donors (Lipinski definition) is 4. The van der Waals surface area contributed by atoms with E-state index in [0.717, 1.165) is 25.7 Å². The van der Waals surface area contributed by atoms with Gasteiger partial charge >= 0.3 is 5.97 Å². The minimum atomic E-state index is -0.781. The van der Waals surface area contributed by atoms with Crippen LogP contribution in [0.2, 0.25) is 0 Å². The Bertz CT molecular complexity index is 459. The second kappa shape index (κ2) is 12.2. The second-order valence-electron chi connectivity index (χ2n) is 7.50. The third kappa shape index (κ3) is 8.92. The average molecular weight is 370 g/mol. The number of carboxylic acids is 1. The van der Waals surface area contributed by atoms with Gasteiger partial charge in [0, 0.05) is 24.7 Å². The van der Waals surface area contributed by atoms with Gasteiger partial charge in [0.2, 0.25) is 0 Å². The van der Waals surface area contributed by atoms with E-state index < -0.39 is 18.2 Å². The summed E-state index contributed by atoms with van der Waals surface area (Å²) < 4.78 is 0. The van der Waals surface area contributed by atoms with Crippen LogP contribution in [-0.4, -0.2) is 50.5 Å². The number of aliphatic carboxylic acids is 1. The lowest BCUT2D eigenvalue weighted by Gasteiger charge is -2.18. The number of carbonyl (C=O) groups is 2. The summed E-state index contributed by atoms with van der Waals surface area (Å²) >= 11 is 0. The number of aliphatic hydroxyl groups is 3. The van der Waals surface area contributed by atoms with Crippen LogP contribution in [-0.2, 0) is 9.59 Å². The van der Waals surface area contributed by atoms with Crippen molar-refractivity contribution < 1.29 is 30.0 Å². The van der Waals surface area contributed by atoms with Crippen molar-refractivity contribution in [3.8, 4) is 0 Å². The fraction of sp³-hybridized carbons (Fsp3) is 0.800. The van der Waals surface area contributed by atoms with Crippen molar-refractivity contribution >= 4 is 11.8 Å². The number of Topliss-reactive ketones (excluding diaryl/α,β-unsaturated/α-hetero) is 1. The van der Waals surface area contributed by atoms with Gasteiger partial charge in [0.15, 0.2) is 0 Å². The molecule has 0 aromatic rings. The first-order valence-electron chi connectivity index (χ1n) is 9.78. The van der Waals surface area contributed by atoms with E-state index in [1.54, 1.807) is 19.1 Å². The third-order valence-corrected chi connectivity index (χ3v) is 5.07. The van der Waals surface area contributed by atoms with Gasteiger partial charge in [-0.3, -0.25) is 9.59 Å². The minimum absolute atomic E-state index is 0.0706. The highest BCUT2D eigenvalue weighted by Crippen LogP contribution is 2.34. The standard InChI is InChI=1S/C20H34O6/c1-14(21)7-6-8-15(22)11-12-17-16(18(23)13-19(17)24)9-4-2-3-5-10-20(25)26/h11-12,14-17,19,21-22,24H,2-10,13H2,1H3,(H,25,26)/b12-11+/t14?,15?,16?,17-,19?/m1/s1. The van der Waals surface area contributed by atoms with Crippen LogP contribution in [0.25, 0.3) is 0 Å². The van der Waals surface area contributed by atoms with Crippen LogP contribution in [0.15, 0.2) is 12.2 Å². The molecule has 4 unspecified atom stereocenters. The first-order valence-corrected chi connectivity index (χ1v) is 9.78. The van der Waals surface area contributed by atoms with Crippen molar-refractivity contribution in [2.45, 2.75) is 89.4 Å². The Morgan fingerprint density at radius 3 is 2.50 bits per heavy atom. The topological polar surface area (TPSA) is 115 Å². The monoisotopic (exact) mass is 370 g/mol. The van der Waals surface area contributed by atoms with Crippen LogP contribution in [0.5, 0.6) is 0 Å². The van der Waals surface area contributed by atoms with Crippen molar-refractivity contribution in [1.29, 1.82) is 0 Å². The van der Waals surface area contributed by atoms with E-state index in [-0.39, 0.29) is 36.6 Å². The van der Waals surface area contributed by atoms with Crippen molar-refractivity contribution in [1.82, 2.24) is 0 Å². The maximum Gasteiger partial charge on any atom is 0.303 e. The van der Waals surface area contributed by atoms with E-state index >= 15 is 0 Å². The van der Waals surface area contributed by atoms with E-state index in [1.165, 1.54) is 0 Å². The summed E-state index contributed by atoms with van der Waals surface area (Å²) in [5.41, 5.74) is 0. The molecule has 0 heterocycles. The molecule has 26 heavy (non-hydrogen) atoms. The molecule has 0 amide bonds. The normalized spacial score (nSPS) is 25.7. The number of carboxylic acid groups (broad SMARTS) is 1. The summed E-state index contributed by atoms with van der Waals surface area (Å²) in [6, 6.07) is 0. The lowest BCUT2D eigenvalue weighted by Crippen LogP contribution is -2.19. The summed E-state index contributed by atoms with van der Waals surface area (Å²) in [5.74, 6) is -1.18. The number of unbranched alkanes of at least 4 members (excludes halogenated alkanes) is 3. The zero-order valence-corrected chi connectivity index (χ0v) is 15.7. The van der Waals surface area contributed by atoms with Crippen molar-refractivity contribution in [3.05, 3.63) is 12.2 Å². The molecule has 0 aliphatic heterocycles. The van der Waals surface area contributed by atoms with E-state index in [2.05, 4.69) is 0 Å². The SMILES string of the molecule is CC(O)CCCC(O)/C=C/[C@H]1C(O)CC(=O)C1CCCCCCC(=O)O. The molecular formula is C20H34O6. The van der Waals surface area contributed by atoms with Crippen LogP contribution in [0.3, 0.4) is 0 Å². The number of hydrogen-bond acceptors (Lipinski definition) is 5. The van der Waals surface area contributed by atoms with Crippen molar-refractivity contribution in [2.24, 2.45) is 11.8 Å². The van der Waals surface area contributed by atoms with Crippen molar-refractivity contribution in [2.75, 3.05) is 0 Å². The molecule has 0 spiro atoms. The highest BCUT2D eigenvalue weighted by Gasteiger charge is 2.39. The average Bonchev–Trinajstić information content (AvgIpc) is 2.81. The Hall–Kier alpha value is -1.24. The highest BCUT2D eigenvalue weighted by molar-refractivity contribution is 5.84. The second-order valence-corrected chi connectivity index (χ2v) is 7.50. The van der Waals surface area contributed by atoms with Gasteiger partial charge in [-0.15, -0.1) is 0 Å². The quantitative estimate of drug-likeness (QED) is 0.292. The van der Waals surface area contributed by atoms with Gasteiger partial charge in [0.05, 0.1) is 18.3 Å². The van der Waals surface area contributed by atoms with Crippen LogP contribution in [0.1, 0.15) is 71.1 Å². The number of aliphatic hydroxyl groups excluding tert-OH is 3. The molecule has 1 rings (SSSR count). The molecule has 0 aromatic carbocycles. The summed E-state index contributed by atoms with van der Waals surface area (Å²) in [7, 11) is 0. The first-order chi connectivity index (χ1) is 12.3. The summed E-state index contributed by atoms with van der Waals surface area (Å²) in [5, 5.41) is 38.0. The van der Waals surface area contributed by atoms with Crippen LogP contribution in [0.4, 0.5) is 0 Å². The van der Waals surface area contributed by atoms with Crippen LogP contribution < -0.4 is 0 Å². The summed E-state index contributed by atoms with van der Waals surface area (Å²) in [4.78, 5) is 22.6. The molecule has 5 atom stereocenters.